The van der Waals surface area contributed by atoms with Crippen molar-refractivity contribution in [2.75, 3.05) is 6.54 Å². The number of carbonyl (C=O) groups excluding carboxylic acids is 2. The van der Waals surface area contributed by atoms with Gasteiger partial charge in [-0.1, -0.05) is 13.8 Å². The van der Waals surface area contributed by atoms with Gasteiger partial charge in [-0.25, -0.2) is 0 Å². The lowest BCUT2D eigenvalue weighted by Crippen LogP contribution is -2.35. The molecule has 18 heavy (non-hydrogen) atoms. The molecule has 5 nitrogen and oxygen atoms in total. The van der Waals surface area contributed by atoms with Gasteiger partial charge in [0.15, 0.2) is 5.78 Å². The van der Waals surface area contributed by atoms with Crippen LogP contribution in [0.15, 0.2) is 12.3 Å². The number of hydrogen-bond donors (Lipinski definition) is 2. The summed E-state index contributed by atoms with van der Waals surface area (Å²) in [6.07, 6.45) is 1.05. The number of ketones is 1. The van der Waals surface area contributed by atoms with E-state index in [4.69, 9.17) is 0 Å². The first-order valence-corrected chi connectivity index (χ1v) is 5.96. The Morgan fingerprint density at radius 3 is 2.50 bits per heavy atom. The van der Waals surface area contributed by atoms with E-state index in [0.717, 1.165) is 0 Å². The van der Waals surface area contributed by atoms with E-state index in [2.05, 4.69) is 5.32 Å². The van der Waals surface area contributed by atoms with Crippen LogP contribution in [0.1, 0.15) is 41.6 Å². The van der Waals surface area contributed by atoms with Gasteiger partial charge in [-0.3, -0.25) is 9.59 Å². The molecule has 0 aliphatic heterocycles. The summed E-state index contributed by atoms with van der Waals surface area (Å²) in [6.45, 7) is 5.43. The number of aromatic nitrogens is 1. The molecular weight excluding hydrogens is 232 g/mol. The second-order valence-corrected chi connectivity index (χ2v) is 4.80. The highest BCUT2D eigenvalue weighted by Gasteiger charge is 2.15. The molecule has 5 heteroatoms. The number of carbonyl (C=O) groups is 2. The van der Waals surface area contributed by atoms with E-state index in [-0.39, 0.29) is 24.2 Å². The van der Waals surface area contributed by atoms with Crippen molar-refractivity contribution in [1.29, 1.82) is 0 Å². The molecule has 1 aromatic heterocycles. The van der Waals surface area contributed by atoms with Gasteiger partial charge in [-0.05, 0) is 18.9 Å². The van der Waals surface area contributed by atoms with Crippen molar-refractivity contribution in [1.82, 2.24) is 9.88 Å². The number of nitrogens with one attached hydrogen (secondary N) is 1. The highest BCUT2D eigenvalue weighted by molar-refractivity contribution is 5.99. The van der Waals surface area contributed by atoms with Gasteiger partial charge in [-0.2, -0.15) is 0 Å². The number of aliphatic hydroxyl groups is 1. The highest BCUT2D eigenvalue weighted by Crippen LogP contribution is 2.08. The monoisotopic (exact) mass is 252 g/mol. The lowest BCUT2D eigenvalue weighted by Gasteiger charge is -2.15. The van der Waals surface area contributed by atoms with Crippen molar-refractivity contribution < 1.29 is 14.7 Å². The number of amides is 1. The fourth-order valence-electron chi connectivity index (χ4n) is 1.51. The van der Waals surface area contributed by atoms with Crippen LogP contribution < -0.4 is 5.32 Å². The minimum atomic E-state index is -0.568. The van der Waals surface area contributed by atoms with Crippen LogP contribution in [-0.2, 0) is 7.05 Å². The molecule has 0 spiro atoms. The standard InChI is InChI=1S/C13H20N2O3/c1-8(2)12(17)6-14-13(18)11-5-10(9(3)16)7-15(11)4/h5,7-8,12,17H,6H2,1-4H3,(H,14,18). The maximum absolute atomic E-state index is 11.9. The third kappa shape index (κ3) is 3.43. The van der Waals surface area contributed by atoms with Crippen molar-refractivity contribution in [3.05, 3.63) is 23.5 Å². The van der Waals surface area contributed by atoms with E-state index in [9.17, 15) is 14.7 Å². The summed E-state index contributed by atoms with van der Waals surface area (Å²) in [7, 11) is 1.71. The Labute approximate surface area is 107 Å². The van der Waals surface area contributed by atoms with Gasteiger partial charge in [-0.15, -0.1) is 0 Å². The molecule has 0 saturated carbocycles. The maximum Gasteiger partial charge on any atom is 0.268 e. The fourth-order valence-corrected chi connectivity index (χ4v) is 1.51. The molecule has 2 N–H and O–H groups in total. The van der Waals surface area contributed by atoms with Crippen LogP contribution >= 0.6 is 0 Å². The Hall–Kier alpha value is -1.62. The normalized spacial score (nSPS) is 12.6. The first-order valence-electron chi connectivity index (χ1n) is 5.96. The Morgan fingerprint density at radius 2 is 2.06 bits per heavy atom. The topological polar surface area (TPSA) is 71.3 Å². The van der Waals surface area contributed by atoms with Gasteiger partial charge >= 0.3 is 0 Å². The minimum Gasteiger partial charge on any atom is -0.391 e. The Bertz CT molecular complexity index is 449. The van der Waals surface area contributed by atoms with Crippen molar-refractivity contribution in [3.63, 3.8) is 0 Å². The third-order valence-corrected chi connectivity index (χ3v) is 2.89. The van der Waals surface area contributed by atoms with E-state index in [0.29, 0.717) is 11.3 Å². The molecule has 0 radical (unpaired) electrons. The van der Waals surface area contributed by atoms with Gasteiger partial charge in [0.05, 0.1) is 6.10 Å². The lowest BCUT2D eigenvalue weighted by atomic mass is 10.1. The fraction of sp³-hybridized carbons (Fsp3) is 0.538. The minimum absolute atomic E-state index is 0.0770. The van der Waals surface area contributed by atoms with Gasteiger partial charge in [0, 0.05) is 25.4 Å². The second kappa shape index (κ2) is 5.82. The van der Waals surface area contributed by atoms with Crippen LogP contribution in [0.2, 0.25) is 0 Å². The number of aliphatic hydroxyl groups excluding tert-OH is 1. The number of Topliss-reactive ketones (excluding diaryl/α,β-unsaturated/α-hetero) is 1. The molecule has 0 saturated heterocycles. The molecule has 0 bridgehead atoms. The van der Waals surface area contributed by atoms with Crippen molar-refractivity contribution in [2.45, 2.75) is 26.9 Å². The molecular formula is C13H20N2O3. The molecule has 1 heterocycles. The predicted molar refractivity (Wildman–Crippen MR) is 68.6 cm³/mol. The first-order chi connectivity index (χ1) is 8.32. The van der Waals surface area contributed by atoms with E-state index >= 15 is 0 Å². The second-order valence-electron chi connectivity index (χ2n) is 4.80. The summed E-state index contributed by atoms with van der Waals surface area (Å²) < 4.78 is 1.60. The number of nitrogens with zero attached hydrogens (tertiary/aromatic N) is 1. The highest BCUT2D eigenvalue weighted by atomic mass is 16.3. The first kappa shape index (κ1) is 14.4. The summed E-state index contributed by atoms with van der Waals surface area (Å²) in [5.74, 6) is -0.275. The molecule has 0 aliphatic rings. The molecule has 1 atom stereocenters. The molecule has 100 valence electrons. The zero-order valence-electron chi connectivity index (χ0n) is 11.2. The van der Waals surface area contributed by atoms with E-state index in [1.54, 1.807) is 23.9 Å². The quantitative estimate of drug-likeness (QED) is 0.767. The van der Waals surface area contributed by atoms with Crippen LogP contribution in [0.4, 0.5) is 0 Å². The summed E-state index contributed by atoms with van der Waals surface area (Å²) in [5, 5.41) is 12.3. The van der Waals surface area contributed by atoms with Crippen molar-refractivity contribution >= 4 is 11.7 Å². The average molecular weight is 252 g/mol. The van der Waals surface area contributed by atoms with E-state index in [1.165, 1.54) is 6.92 Å². The van der Waals surface area contributed by atoms with E-state index < -0.39 is 6.10 Å². The van der Waals surface area contributed by atoms with Crippen LogP contribution in [0.25, 0.3) is 0 Å². The van der Waals surface area contributed by atoms with Crippen LogP contribution in [0.3, 0.4) is 0 Å². The summed E-state index contributed by atoms with van der Waals surface area (Å²) in [4.78, 5) is 23.1. The average Bonchev–Trinajstić information content (AvgIpc) is 2.67. The van der Waals surface area contributed by atoms with Crippen LogP contribution in [0.5, 0.6) is 0 Å². The summed E-state index contributed by atoms with van der Waals surface area (Å²) in [5.41, 5.74) is 0.920. The van der Waals surface area contributed by atoms with Gasteiger partial charge in [0.2, 0.25) is 0 Å². The third-order valence-electron chi connectivity index (χ3n) is 2.89. The zero-order valence-corrected chi connectivity index (χ0v) is 11.2. The Balaban J connectivity index is 2.70. The summed E-state index contributed by atoms with van der Waals surface area (Å²) >= 11 is 0. The van der Waals surface area contributed by atoms with Gasteiger partial charge in [0.1, 0.15) is 5.69 Å². The summed E-state index contributed by atoms with van der Waals surface area (Å²) in [6, 6.07) is 1.55. The van der Waals surface area contributed by atoms with Crippen LogP contribution in [-0.4, -0.2) is 34.0 Å². The molecule has 1 aromatic rings. The van der Waals surface area contributed by atoms with Gasteiger partial charge < -0.3 is 15.0 Å². The lowest BCUT2D eigenvalue weighted by molar-refractivity contribution is 0.0864. The number of aryl methyl sites for hydroxylation is 1. The number of rotatable bonds is 5. The molecule has 1 amide bonds. The molecule has 1 unspecified atom stereocenters. The Kier molecular flexibility index (Phi) is 4.67. The number of hydrogen-bond acceptors (Lipinski definition) is 3. The van der Waals surface area contributed by atoms with Crippen LogP contribution in [0, 0.1) is 5.92 Å². The van der Waals surface area contributed by atoms with Gasteiger partial charge in [0.25, 0.3) is 5.91 Å². The SMILES string of the molecule is CC(=O)c1cc(C(=O)NCC(O)C(C)C)n(C)c1. The molecule has 0 aliphatic carbocycles. The largest absolute Gasteiger partial charge is 0.391 e. The van der Waals surface area contributed by atoms with Crippen molar-refractivity contribution in [2.24, 2.45) is 13.0 Å². The smallest absolute Gasteiger partial charge is 0.268 e. The molecule has 0 fully saturated rings. The maximum atomic E-state index is 11.9. The molecule has 1 rings (SSSR count). The molecule has 0 aromatic carbocycles. The predicted octanol–water partition coefficient (Wildman–Crippen LogP) is 0.974. The zero-order chi connectivity index (χ0) is 13.9. The Morgan fingerprint density at radius 1 is 1.44 bits per heavy atom. The van der Waals surface area contributed by atoms with Crippen molar-refractivity contribution in [3.8, 4) is 0 Å². The van der Waals surface area contributed by atoms with E-state index in [1.807, 2.05) is 13.8 Å².